The van der Waals surface area contributed by atoms with Crippen molar-refractivity contribution >= 4 is 23.3 Å². The molecule has 0 spiro atoms. The first-order valence-corrected chi connectivity index (χ1v) is 6.47. The van der Waals surface area contributed by atoms with Crippen LogP contribution in [0, 0.1) is 0 Å². The Balaban J connectivity index is 1.79. The van der Waals surface area contributed by atoms with Crippen molar-refractivity contribution in [2.24, 2.45) is 0 Å². The van der Waals surface area contributed by atoms with Crippen LogP contribution in [0.5, 0.6) is 0 Å². The fraction of sp³-hybridized carbons (Fsp3) is 0.133. The van der Waals surface area contributed by atoms with Crippen LogP contribution in [-0.4, -0.2) is 28.5 Å². The SMILES string of the molecule is O=C(O)c1cncc(NC(=O)C2CNc3ccccc32)c1. The number of anilines is 2. The maximum Gasteiger partial charge on any atom is 0.337 e. The molecule has 1 aromatic heterocycles. The number of para-hydroxylation sites is 1. The summed E-state index contributed by atoms with van der Waals surface area (Å²) >= 11 is 0. The maximum atomic E-state index is 12.3. The standard InChI is InChI=1S/C15H13N3O3/c19-14(12-8-17-13-4-2-1-3-11(12)13)18-10-5-9(15(20)21)6-16-7-10/h1-7,12,17H,8H2,(H,18,19)(H,20,21). The number of carboxylic acid groups (broad SMARTS) is 1. The molecule has 1 aliphatic rings. The van der Waals surface area contributed by atoms with Crippen LogP contribution >= 0.6 is 0 Å². The van der Waals surface area contributed by atoms with Crippen LogP contribution in [-0.2, 0) is 4.79 Å². The van der Waals surface area contributed by atoms with Gasteiger partial charge in [-0.05, 0) is 17.7 Å². The van der Waals surface area contributed by atoms with Crippen molar-refractivity contribution in [1.29, 1.82) is 0 Å². The molecule has 1 unspecified atom stereocenters. The number of aromatic nitrogens is 1. The third kappa shape index (κ3) is 2.55. The highest BCUT2D eigenvalue weighted by atomic mass is 16.4. The Morgan fingerprint density at radius 3 is 2.90 bits per heavy atom. The zero-order valence-corrected chi connectivity index (χ0v) is 11.0. The Bertz CT molecular complexity index is 715. The van der Waals surface area contributed by atoms with Gasteiger partial charge in [-0.1, -0.05) is 18.2 Å². The van der Waals surface area contributed by atoms with E-state index in [-0.39, 0.29) is 17.4 Å². The van der Waals surface area contributed by atoms with Gasteiger partial charge in [0.15, 0.2) is 0 Å². The quantitative estimate of drug-likeness (QED) is 0.800. The minimum absolute atomic E-state index is 0.0396. The molecule has 0 radical (unpaired) electrons. The molecule has 3 rings (SSSR count). The van der Waals surface area contributed by atoms with Crippen molar-refractivity contribution in [3.8, 4) is 0 Å². The highest BCUT2D eigenvalue weighted by molar-refractivity contribution is 5.99. The summed E-state index contributed by atoms with van der Waals surface area (Å²) in [6.07, 6.45) is 2.67. The molecule has 6 heteroatoms. The minimum atomic E-state index is -1.08. The molecule has 2 aromatic rings. The number of carboxylic acids is 1. The van der Waals surface area contributed by atoms with Crippen LogP contribution < -0.4 is 10.6 Å². The average molecular weight is 283 g/mol. The number of nitrogens with zero attached hydrogens (tertiary/aromatic N) is 1. The van der Waals surface area contributed by atoms with E-state index in [0.717, 1.165) is 11.3 Å². The Morgan fingerprint density at radius 2 is 2.10 bits per heavy atom. The van der Waals surface area contributed by atoms with Crippen LogP contribution in [0.25, 0.3) is 0 Å². The first kappa shape index (κ1) is 13.1. The average Bonchev–Trinajstić information content (AvgIpc) is 2.91. The van der Waals surface area contributed by atoms with Crippen LogP contribution in [0.2, 0.25) is 0 Å². The van der Waals surface area contributed by atoms with Gasteiger partial charge in [0.05, 0.1) is 23.4 Å². The normalized spacial score (nSPS) is 15.9. The first-order valence-electron chi connectivity index (χ1n) is 6.47. The Kier molecular flexibility index (Phi) is 3.27. The van der Waals surface area contributed by atoms with Gasteiger partial charge in [0.1, 0.15) is 0 Å². The number of hydrogen-bond donors (Lipinski definition) is 3. The lowest BCUT2D eigenvalue weighted by molar-refractivity contribution is -0.117. The maximum absolute atomic E-state index is 12.3. The number of carbonyl (C=O) groups excluding carboxylic acids is 1. The van der Waals surface area contributed by atoms with Gasteiger partial charge in [0, 0.05) is 18.4 Å². The molecular formula is C15H13N3O3. The summed E-state index contributed by atoms with van der Waals surface area (Å²) in [5.41, 5.74) is 2.31. The van der Waals surface area contributed by atoms with Crippen molar-refractivity contribution in [2.45, 2.75) is 5.92 Å². The van der Waals surface area contributed by atoms with Crippen LogP contribution in [0.15, 0.2) is 42.7 Å². The number of aromatic carboxylic acids is 1. The molecule has 0 saturated heterocycles. The number of carbonyl (C=O) groups is 2. The molecule has 1 aliphatic heterocycles. The minimum Gasteiger partial charge on any atom is -0.478 e. The van der Waals surface area contributed by atoms with E-state index in [9.17, 15) is 9.59 Å². The first-order chi connectivity index (χ1) is 10.1. The highest BCUT2D eigenvalue weighted by Crippen LogP contribution is 2.31. The second kappa shape index (κ2) is 5.24. The van der Waals surface area contributed by atoms with E-state index in [1.54, 1.807) is 0 Å². The molecule has 1 aromatic carbocycles. The molecule has 3 N–H and O–H groups in total. The van der Waals surface area contributed by atoms with Crippen molar-refractivity contribution < 1.29 is 14.7 Å². The van der Waals surface area contributed by atoms with E-state index in [1.165, 1.54) is 18.5 Å². The molecule has 6 nitrogen and oxygen atoms in total. The zero-order chi connectivity index (χ0) is 14.8. The summed E-state index contributed by atoms with van der Waals surface area (Å²) in [5, 5.41) is 14.8. The number of nitrogens with one attached hydrogen (secondary N) is 2. The highest BCUT2D eigenvalue weighted by Gasteiger charge is 2.28. The predicted molar refractivity (Wildman–Crippen MR) is 77.5 cm³/mol. The van der Waals surface area contributed by atoms with Crippen LogP contribution in [0.3, 0.4) is 0 Å². The summed E-state index contributed by atoms with van der Waals surface area (Å²) in [4.78, 5) is 27.0. The lowest BCUT2D eigenvalue weighted by Crippen LogP contribution is -2.22. The van der Waals surface area contributed by atoms with Gasteiger partial charge in [-0.15, -0.1) is 0 Å². The molecule has 21 heavy (non-hydrogen) atoms. The summed E-state index contributed by atoms with van der Waals surface area (Å²) < 4.78 is 0. The Hall–Kier alpha value is -2.89. The smallest absolute Gasteiger partial charge is 0.337 e. The van der Waals surface area contributed by atoms with Gasteiger partial charge < -0.3 is 15.7 Å². The van der Waals surface area contributed by atoms with Gasteiger partial charge in [-0.3, -0.25) is 9.78 Å². The Labute approximate surface area is 120 Å². The number of amides is 1. The summed E-state index contributed by atoms with van der Waals surface area (Å²) in [6.45, 7) is 0.525. The van der Waals surface area contributed by atoms with E-state index < -0.39 is 5.97 Å². The number of pyridine rings is 1. The van der Waals surface area contributed by atoms with Crippen molar-refractivity contribution in [2.75, 3.05) is 17.2 Å². The zero-order valence-electron chi connectivity index (χ0n) is 11.0. The summed E-state index contributed by atoms with van der Waals surface area (Å²) in [7, 11) is 0. The van der Waals surface area contributed by atoms with E-state index in [4.69, 9.17) is 5.11 Å². The fourth-order valence-corrected chi connectivity index (χ4v) is 2.37. The van der Waals surface area contributed by atoms with Crippen molar-refractivity contribution in [1.82, 2.24) is 4.98 Å². The largest absolute Gasteiger partial charge is 0.478 e. The second-order valence-corrected chi connectivity index (χ2v) is 4.78. The molecule has 106 valence electrons. The van der Waals surface area contributed by atoms with Crippen LogP contribution in [0.4, 0.5) is 11.4 Å². The molecule has 1 amide bonds. The predicted octanol–water partition coefficient (Wildman–Crippen LogP) is 1.93. The summed E-state index contributed by atoms with van der Waals surface area (Å²) in [5.74, 6) is -1.56. The molecule has 2 heterocycles. The number of hydrogen-bond acceptors (Lipinski definition) is 4. The van der Waals surface area contributed by atoms with E-state index >= 15 is 0 Å². The summed E-state index contributed by atoms with van der Waals surface area (Å²) in [6, 6.07) is 9.02. The number of rotatable bonds is 3. The molecule has 0 fully saturated rings. The van der Waals surface area contributed by atoms with Crippen molar-refractivity contribution in [3.63, 3.8) is 0 Å². The lowest BCUT2D eigenvalue weighted by Gasteiger charge is -2.11. The molecule has 0 bridgehead atoms. The molecule has 0 aliphatic carbocycles. The van der Waals surface area contributed by atoms with E-state index in [1.807, 2.05) is 24.3 Å². The van der Waals surface area contributed by atoms with E-state index in [2.05, 4.69) is 15.6 Å². The molecule has 0 saturated carbocycles. The topological polar surface area (TPSA) is 91.3 Å². The van der Waals surface area contributed by atoms with Gasteiger partial charge in [-0.25, -0.2) is 4.79 Å². The van der Waals surface area contributed by atoms with Gasteiger partial charge in [-0.2, -0.15) is 0 Å². The van der Waals surface area contributed by atoms with Gasteiger partial charge >= 0.3 is 5.97 Å². The third-order valence-corrected chi connectivity index (χ3v) is 3.40. The number of benzene rings is 1. The lowest BCUT2D eigenvalue weighted by atomic mass is 10.0. The third-order valence-electron chi connectivity index (χ3n) is 3.40. The van der Waals surface area contributed by atoms with E-state index in [0.29, 0.717) is 12.2 Å². The van der Waals surface area contributed by atoms with Crippen molar-refractivity contribution in [3.05, 3.63) is 53.9 Å². The van der Waals surface area contributed by atoms with Crippen LogP contribution in [0.1, 0.15) is 21.8 Å². The fourth-order valence-electron chi connectivity index (χ4n) is 2.37. The monoisotopic (exact) mass is 283 g/mol. The Morgan fingerprint density at radius 1 is 1.29 bits per heavy atom. The number of fused-ring (bicyclic) bond motifs is 1. The molecular weight excluding hydrogens is 270 g/mol. The van der Waals surface area contributed by atoms with Gasteiger partial charge in [0.25, 0.3) is 0 Å². The molecule has 1 atom stereocenters. The van der Waals surface area contributed by atoms with Gasteiger partial charge in [0.2, 0.25) is 5.91 Å². The second-order valence-electron chi connectivity index (χ2n) is 4.78.